The van der Waals surface area contributed by atoms with Gasteiger partial charge in [-0.1, -0.05) is 26.1 Å². The molecule has 3 heterocycles. The Labute approximate surface area is 299 Å². The molecule has 6 N–H and O–H groups in total. The maximum Gasteiger partial charge on any atom is 0.405 e. The van der Waals surface area contributed by atoms with Gasteiger partial charge in [0, 0.05) is 35.6 Å². The summed E-state index contributed by atoms with van der Waals surface area (Å²) in [5.74, 6) is -1.22. The molecule has 0 spiro atoms. The minimum atomic E-state index is -4.56. The summed E-state index contributed by atoms with van der Waals surface area (Å²) < 4.78 is 39.5. The van der Waals surface area contributed by atoms with Gasteiger partial charge in [-0.3, -0.25) is 19.0 Å². The minimum absolute atomic E-state index is 0.150. The largest absolute Gasteiger partial charge is 0.405 e. The van der Waals surface area contributed by atoms with Gasteiger partial charge < -0.3 is 31.9 Å². The molecule has 0 bridgehead atoms. The molecular weight excluding hydrogens is 694 g/mol. The van der Waals surface area contributed by atoms with Crippen LogP contribution < -0.4 is 31.9 Å². The van der Waals surface area contributed by atoms with E-state index in [-0.39, 0.29) is 35.0 Å². The van der Waals surface area contributed by atoms with E-state index >= 15 is 0 Å². The number of hydrogen-bond acceptors (Lipinski definition) is 9. The second-order valence-electron chi connectivity index (χ2n) is 12.1. The van der Waals surface area contributed by atoms with Crippen LogP contribution in [0, 0.1) is 0 Å². The number of pyridine rings is 1. The fourth-order valence-electron chi connectivity index (χ4n) is 4.57. The molecule has 2 amide bonds. The number of carbonyl (C=O) groups is 3. The summed E-state index contributed by atoms with van der Waals surface area (Å²) in [5.41, 5.74) is -0.644. The van der Waals surface area contributed by atoms with Crippen molar-refractivity contribution in [3.63, 3.8) is 0 Å². The van der Waals surface area contributed by atoms with Crippen LogP contribution in [0.2, 0.25) is 0 Å². The number of halogens is 3. The number of carbonyl (C=O) groups excluding carboxylic acids is 3. The fraction of sp³-hybridized carbons (Fsp3) is 0.500. The van der Waals surface area contributed by atoms with Crippen molar-refractivity contribution in [1.82, 2.24) is 46.1 Å². The van der Waals surface area contributed by atoms with Crippen molar-refractivity contribution in [3.05, 3.63) is 36.8 Å². The monoisotopic (exact) mass is 736 g/mol. The molecule has 0 aliphatic carbocycles. The molecule has 13 nitrogen and oxygen atoms in total. The molecule has 50 heavy (non-hydrogen) atoms. The average Bonchev–Trinajstić information content (AvgIpc) is 3.45. The molecule has 1 unspecified atom stereocenters. The van der Waals surface area contributed by atoms with Gasteiger partial charge >= 0.3 is 6.18 Å². The number of aromatic nitrogens is 4. The van der Waals surface area contributed by atoms with Gasteiger partial charge in [0.2, 0.25) is 11.8 Å². The third kappa shape index (κ3) is 10.5. The molecule has 272 valence electrons. The van der Waals surface area contributed by atoms with Crippen LogP contribution in [0.1, 0.15) is 66.1 Å². The molecule has 3 rings (SSSR count). The van der Waals surface area contributed by atoms with Gasteiger partial charge in [-0.25, -0.2) is 15.0 Å². The van der Waals surface area contributed by atoms with Crippen LogP contribution in [0.25, 0.3) is 22.4 Å². The first-order chi connectivity index (χ1) is 23.4. The second kappa shape index (κ2) is 17.0. The molecule has 0 saturated heterocycles. The summed E-state index contributed by atoms with van der Waals surface area (Å²) in [5, 5.41) is 17.6. The van der Waals surface area contributed by atoms with Crippen LogP contribution in [0.3, 0.4) is 0 Å². The number of nitrogens with one attached hydrogen (secondary N) is 6. The molecule has 3 aromatic heterocycles. The number of rotatable bonds is 14. The number of alkyl halides is 3. The molecular formula is C32H43F3N10O3S2. The highest BCUT2D eigenvalue weighted by atomic mass is 32.1. The van der Waals surface area contributed by atoms with Gasteiger partial charge in [0.1, 0.15) is 35.6 Å². The first kappa shape index (κ1) is 40.0. The smallest absolute Gasteiger partial charge is 0.367 e. The summed E-state index contributed by atoms with van der Waals surface area (Å²) in [6.07, 6.45) is 0.950. The predicted molar refractivity (Wildman–Crippen MR) is 194 cm³/mol. The van der Waals surface area contributed by atoms with Gasteiger partial charge in [-0.2, -0.15) is 13.2 Å². The Morgan fingerprint density at radius 3 is 2.26 bits per heavy atom. The first-order valence-corrected chi connectivity index (χ1v) is 16.8. The number of nitrogens with zero attached hydrogens (tertiary/aromatic N) is 4. The van der Waals surface area contributed by atoms with E-state index in [0.29, 0.717) is 21.7 Å². The highest BCUT2D eigenvalue weighted by Crippen LogP contribution is 2.29. The summed E-state index contributed by atoms with van der Waals surface area (Å²) in [6.45, 7) is 10.6. The molecule has 18 heteroatoms. The predicted octanol–water partition coefficient (Wildman–Crippen LogP) is 3.85. The molecule has 5 atom stereocenters. The summed E-state index contributed by atoms with van der Waals surface area (Å²) >= 11 is 10.8. The third-order valence-electron chi connectivity index (χ3n) is 7.97. The van der Waals surface area contributed by atoms with Gasteiger partial charge in [0.05, 0.1) is 11.0 Å². The van der Waals surface area contributed by atoms with Crippen molar-refractivity contribution >= 4 is 69.1 Å². The number of hydrogen-bond donors (Lipinski definition) is 6. The molecule has 0 aliphatic heterocycles. The van der Waals surface area contributed by atoms with Crippen LogP contribution in [0.4, 0.5) is 19.0 Å². The molecule has 0 saturated carbocycles. The first-order valence-electron chi connectivity index (χ1n) is 16.0. The molecule has 0 fully saturated rings. The van der Waals surface area contributed by atoms with Crippen molar-refractivity contribution in [2.75, 3.05) is 11.9 Å². The van der Waals surface area contributed by atoms with E-state index in [4.69, 9.17) is 24.4 Å². The number of amides is 2. The van der Waals surface area contributed by atoms with Crippen molar-refractivity contribution in [2.45, 2.75) is 97.2 Å². The van der Waals surface area contributed by atoms with Crippen LogP contribution in [-0.2, 0) is 9.59 Å². The molecule has 0 aliphatic rings. The molecule has 3 aromatic rings. The Bertz CT molecular complexity index is 1720. The fourth-order valence-corrected chi connectivity index (χ4v) is 5.18. The zero-order chi connectivity index (χ0) is 37.4. The summed E-state index contributed by atoms with van der Waals surface area (Å²) in [7, 11) is 0. The van der Waals surface area contributed by atoms with E-state index in [0.717, 1.165) is 6.42 Å². The normalized spacial score (nSPS) is 15.1. The Kier molecular flexibility index (Phi) is 13.6. The lowest BCUT2D eigenvalue weighted by Gasteiger charge is -2.29. The lowest BCUT2D eigenvalue weighted by atomic mass is 9.97. The van der Waals surface area contributed by atoms with Crippen molar-refractivity contribution < 1.29 is 27.6 Å². The maximum atomic E-state index is 13.7. The van der Waals surface area contributed by atoms with Gasteiger partial charge in [0.25, 0.3) is 5.91 Å². The average molecular weight is 737 g/mol. The number of thiocarbonyl (C=S) groups is 2. The van der Waals surface area contributed by atoms with Crippen LogP contribution in [-0.4, -0.2) is 89.8 Å². The lowest BCUT2D eigenvalue weighted by Crippen LogP contribution is -2.54. The second-order valence-corrected chi connectivity index (χ2v) is 13.0. The van der Waals surface area contributed by atoms with Crippen molar-refractivity contribution in [2.24, 2.45) is 0 Å². The summed E-state index contributed by atoms with van der Waals surface area (Å²) in [4.78, 5) is 52.7. The Morgan fingerprint density at radius 1 is 0.920 bits per heavy atom. The lowest BCUT2D eigenvalue weighted by molar-refractivity contribution is -0.140. The van der Waals surface area contributed by atoms with E-state index in [2.05, 4.69) is 41.5 Å². The quantitative estimate of drug-likeness (QED) is 0.133. The van der Waals surface area contributed by atoms with Gasteiger partial charge in [0.15, 0.2) is 10.9 Å². The van der Waals surface area contributed by atoms with E-state index in [9.17, 15) is 27.6 Å². The standard InChI is InChI=1S/C32H43F3N10O3S2/c1-8-17(3)39-30(50)42-18(4)26(46)40-19(5)27(49)41-20(6)28(47)45-15-22(21-11-10-13-37-25(21)45)24-36-14-12-23(43-24)44-31(7,9-2)29(48)38-16-32(33,34)35/h10-15,17-20H,8-9,16H2,1-7H3,(H,38,48)(H,40,46)(H,41,49)(H,36,43,44)(H2,39,42,50)/t17-,18+,19+,20+,31?/m0/s1. The van der Waals surface area contributed by atoms with Gasteiger partial charge in [-0.15, -0.1) is 0 Å². The Hall–Kier alpha value is -4.45. The SMILES string of the molecule is CC[C@H](C)NC(=S)N[C@H](C)C(=O)N[C@H](C)C(=S)N[C@H](C)C(=O)n1cc(-c2nccc(NC(C)(CC)C(=O)NCC(F)(F)F)n2)c2cccnc21. The van der Waals surface area contributed by atoms with Crippen molar-refractivity contribution in [3.8, 4) is 11.4 Å². The molecule has 0 aromatic carbocycles. The van der Waals surface area contributed by atoms with Crippen LogP contribution >= 0.6 is 24.4 Å². The number of fused-ring (bicyclic) bond motifs is 1. The Morgan fingerprint density at radius 2 is 1.62 bits per heavy atom. The minimum Gasteiger partial charge on any atom is -0.367 e. The highest BCUT2D eigenvalue weighted by molar-refractivity contribution is 7.80. The van der Waals surface area contributed by atoms with E-state index in [1.807, 2.05) is 19.2 Å². The summed E-state index contributed by atoms with van der Waals surface area (Å²) in [6, 6.07) is 2.96. The van der Waals surface area contributed by atoms with Crippen LogP contribution in [0.15, 0.2) is 36.8 Å². The van der Waals surface area contributed by atoms with E-state index in [1.54, 1.807) is 39.8 Å². The van der Waals surface area contributed by atoms with E-state index in [1.165, 1.54) is 36.1 Å². The topological polar surface area (TPSA) is 167 Å². The Balaban J connectivity index is 1.76. The molecule has 0 radical (unpaired) electrons. The van der Waals surface area contributed by atoms with Crippen LogP contribution in [0.5, 0.6) is 0 Å². The third-order valence-corrected chi connectivity index (χ3v) is 8.68. The maximum absolute atomic E-state index is 13.7. The zero-order valence-electron chi connectivity index (χ0n) is 28.9. The highest BCUT2D eigenvalue weighted by Gasteiger charge is 2.35. The zero-order valence-corrected chi connectivity index (χ0v) is 30.5. The van der Waals surface area contributed by atoms with E-state index < -0.39 is 48.2 Å². The number of anilines is 1. The van der Waals surface area contributed by atoms with Gasteiger partial charge in [-0.05, 0) is 77.9 Å². The van der Waals surface area contributed by atoms with Crippen molar-refractivity contribution in [1.29, 1.82) is 0 Å².